The molecule has 1 heterocycles. The molecular weight excluding hydrogens is 360 g/mol. The number of rotatable bonds is 6. The first-order chi connectivity index (χ1) is 11.8. The molecule has 1 aromatic carbocycles. The summed E-state index contributed by atoms with van der Waals surface area (Å²) in [6.45, 7) is 5.51. The molecule has 1 atom stereocenters. The average Bonchev–Trinajstić information content (AvgIpc) is 2.57. The number of hydrogen-bond donors (Lipinski definition) is 1. The van der Waals surface area contributed by atoms with Crippen LogP contribution in [0.25, 0.3) is 0 Å². The summed E-state index contributed by atoms with van der Waals surface area (Å²) in [6.07, 6.45) is 0.512. The van der Waals surface area contributed by atoms with Crippen molar-refractivity contribution in [3.05, 3.63) is 52.7 Å². The van der Waals surface area contributed by atoms with E-state index in [4.69, 9.17) is 16.3 Å². The van der Waals surface area contributed by atoms with Gasteiger partial charge in [-0.1, -0.05) is 29.3 Å². The van der Waals surface area contributed by atoms with Crippen molar-refractivity contribution >= 4 is 41.1 Å². The van der Waals surface area contributed by atoms with E-state index in [1.165, 1.54) is 24.9 Å². The van der Waals surface area contributed by atoms with E-state index in [1.807, 2.05) is 32.0 Å². The van der Waals surface area contributed by atoms with E-state index in [0.29, 0.717) is 10.8 Å². The molecule has 7 heteroatoms. The lowest BCUT2D eigenvalue weighted by molar-refractivity contribution is -0.150. The molecule has 1 N–H and O–H groups in total. The van der Waals surface area contributed by atoms with Gasteiger partial charge in [0.1, 0.15) is 5.82 Å². The fraction of sp³-hybridized carbons (Fsp3) is 0.278. The van der Waals surface area contributed by atoms with Crippen LogP contribution in [0.15, 0.2) is 41.4 Å². The molecular formula is C18H19ClN2O3S. The Hall–Kier alpha value is -2.05. The van der Waals surface area contributed by atoms with Gasteiger partial charge in [-0.3, -0.25) is 9.59 Å². The monoisotopic (exact) mass is 378 g/mol. The topological polar surface area (TPSA) is 68.3 Å². The zero-order chi connectivity index (χ0) is 18.4. The van der Waals surface area contributed by atoms with Crippen molar-refractivity contribution in [2.24, 2.45) is 0 Å². The molecule has 0 unspecified atom stereocenters. The number of halogens is 1. The summed E-state index contributed by atoms with van der Waals surface area (Å²) < 4.78 is 5.17. The quantitative estimate of drug-likeness (QED) is 0.607. The number of aryl methyl sites for hydroxylation is 2. The molecule has 0 spiro atoms. The van der Waals surface area contributed by atoms with Gasteiger partial charge in [-0.25, -0.2) is 4.98 Å². The van der Waals surface area contributed by atoms with E-state index in [2.05, 4.69) is 10.3 Å². The van der Waals surface area contributed by atoms with Crippen LogP contribution in [-0.4, -0.2) is 28.7 Å². The molecule has 1 amide bonds. The summed E-state index contributed by atoms with van der Waals surface area (Å²) in [6, 6.07) is 9.25. The normalized spacial score (nSPS) is 11.7. The lowest BCUT2D eigenvalue weighted by Gasteiger charge is -2.13. The van der Waals surface area contributed by atoms with Crippen LogP contribution in [-0.2, 0) is 14.3 Å². The number of esters is 1. The number of carbonyl (C=O) groups is 2. The Morgan fingerprint density at radius 2 is 2.04 bits per heavy atom. The van der Waals surface area contributed by atoms with Gasteiger partial charge in [-0.2, -0.15) is 0 Å². The number of thioether (sulfide) groups is 1. The van der Waals surface area contributed by atoms with E-state index in [-0.39, 0.29) is 5.75 Å². The largest absolute Gasteiger partial charge is 0.452 e. The molecule has 0 aliphatic rings. The molecule has 0 bridgehead atoms. The number of pyridine rings is 1. The molecule has 2 aromatic rings. The van der Waals surface area contributed by atoms with Gasteiger partial charge in [-0.05, 0) is 44.5 Å². The first-order valence-electron chi connectivity index (χ1n) is 7.67. The number of anilines is 1. The van der Waals surface area contributed by atoms with Crippen molar-refractivity contribution in [2.75, 3.05) is 11.1 Å². The Bertz CT molecular complexity index is 765. The average molecular weight is 379 g/mol. The van der Waals surface area contributed by atoms with Crippen molar-refractivity contribution < 1.29 is 14.3 Å². The van der Waals surface area contributed by atoms with Crippen LogP contribution in [0.3, 0.4) is 0 Å². The molecule has 0 fully saturated rings. The zero-order valence-corrected chi connectivity index (χ0v) is 15.8. The highest BCUT2D eigenvalue weighted by Gasteiger charge is 2.18. The molecule has 2 rings (SSSR count). The van der Waals surface area contributed by atoms with Gasteiger partial charge in [-0.15, -0.1) is 11.8 Å². The predicted molar refractivity (Wildman–Crippen MR) is 100 cm³/mol. The van der Waals surface area contributed by atoms with E-state index in [9.17, 15) is 9.59 Å². The standard InChI is InChI=1S/C18H19ClN2O3S/c1-11-4-5-12(2)15(8-11)25-10-17(22)24-13(3)18(23)21-16-7-6-14(19)9-20-16/h4-9,13H,10H2,1-3H3,(H,20,21,23)/t13-/m1/s1. The summed E-state index contributed by atoms with van der Waals surface area (Å²) in [5.41, 5.74) is 2.23. The van der Waals surface area contributed by atoms with Crippen LogP contribution in [0.5, 0.6) is 0 Å². The maximum atomic E-state index is 12.0. The van der Waals surface area contributed by atoms with Gasteiger partial charge in [0.25, 0.3) is 5.91 Å². The van der Waals surface area contributed by atoms with Crippen molar-refractivity contribution in [2.45, 2.75) is 31.8 Å². The predicted octanol–water partition coefficient (Wildman–Crippen LogP) is 4.01. The number of carbonyl (C=O) groups excluding carboxylic acids is 2. The highest BCUT2D eigenvalue weighted by molar-refractivity contribution is 8.00. The third-order valence-corrected chi connectivity index (χ3v) is 4.70. The molecule has 132 valence electrons. The number of amides is 1. The Balaban J connectivity index is 1.83. The number of benzene rings is 1. The number of nitrogens with zero attached hydrogens (tertiary/aromatic N) is 1. The Labute approximate surface area is 156 Å². The molecule has 0 aliphatic carbocycles. The fourth-order valence-electron chi connectivity index (χ4n) is 1.96. The Morgan fingerprint density at radius 1 is 1.28 bits per heavy atom. The van der Waals surface area contributed by atoms with Crippen LogP contribution in [0.2, 0.25) is 5.02 Å². The molecule has 5 nitrogen and oxygen atoms in total. The lowest BCUT2D eigenvalue weighted by Crippen LogP contribution is -2.30. The summed E-state index contributed by atoms with van der Waals surface area (Å²) in [5, 5.41) is 3.05. The van der Waals surface area contributed by atoms with Crippen LogP contribution in [0, 0.1) is 13.8 Å². The SMILES string of the molecule is Cc1ccc(C)c(SCC(=O)O[C@H](C)C(=O)Nc2ccc(Cl)cn2)c1. The van der Waals surface area contributed by atoms with Crippen molar-refractivity contribution in [3.8, 4) is 0 Å². The third kappa shape index (κ3) is 6.07. The minimum absolute atomic E-state index is 0.140. The first-order valence-corrected chi connectivity index (χ1v) is 9.03. The van der Waals surface area contributed by atoms with Gasteiger partial charge in [0.05, 0.1) is 10.8 Å². The van der Waals surface area contributed by atoms with E-state index < -0.39 is 18.0 Å². The molecule has 0 aliphatic heterocycles. The van der Waals surface area contributed by atoms with E-state index in [0.717, 1.165) is 16.0 Å². The highest BCUT2D eigenvalue weighted by Crippen LogP contribution is 2.23. The van der Waals surface area contributed by atoms with Gasteiger partial charge >= 0.3 is 5.97 Å². The van der Waals surface area contributed by atoms with Crippen molar-refractivity contribution in [1.29, 1.82) is 0 Å². The van der Waals surface area contributed by atoms with Crippen LogP contribution in [0.1, 0.15) is 18.1 Å². The lowest BCUT2D eigenvalue weighted by atomic mass is 10.2. The number of ether oxygens (including phenoxy) is 1. The molecule has 25 heavy (non-hydrogen) atoms. The molecule has 0 saturated heterocycles. The van der Waals surface area contributed by atoms with Gasteiger partial charge < -0.3 is 10.1 Å². The summed E-state index contributed by atoms with van der Waals surface area (Å²) >= 11 is 7.13. The van der Waals surface area contributed by atoms with Gasteiger partial charge in [0.2, 0.25) is 0 Å². The smallest absolute Gasteiger partial charge is 0.317 e. The number of aromatic nitrogens is 1. The first kappa shape index (κ1) is 19.3. The van der Waals surface area contributed by atoms with Crippen LogP contribution < -0.4 is 5.32 Å². The van der Waals surface area contributed by atoms with Gasteiger partial charge in [0.15, 0.2) is 6.10 Å². The van der Waals surface area contributed by atoms with E-state index >= 15 is 0 Å². The second-order valence-electron chi connectivity index (χ2n) is 5.54. The zero-order valence-electron chi connectivity index (χ0n) is 14.2. The minimum atomic E-state index is -0.913. The Kier molecular flexibility index (Phi) is 6.84. The number of hydrogen-bond acceptors (Lipinski definition) is 5. The summed E-state index contributed by atoms with van der Waals surface area (Å²) in [5.74, 6) is -0.402. The van der Waals surface area contributed by atoms with Crippen LogP contribution in [0.4, 0.5) is 5.82 Å². The maximum absolute atomic E-state index is 12.0. The fourth-order valence-corrected chi connectivity index (χ4v) is 2.98. The van der Waals surface area contributed by atoms with E-state index in [1.54, 1.807) is 12.1 Å². The summed E-state index contributed by atoms with van der Waals surface area (Å²) in [4.78, 5) is 29.0. The van der Waals surface area contributed by atoms with Crippen LogP contribution >= 0.6 is 23.4 Å². The highest BCUT2D eigenvalue weighted by atomic mass is 35.5. The molecule has 0 radical (unpaired) electrons. The molecule has 0 saturated carbocycles. The molecule has 1 aromatic heterocycles. The van der Waals surface area contributed by atoms with Gasteiger partial charge in [0, 0.05) is 11.1 Å². The second kappa shape index (κ2) is 8.87. The minimum Gasteiger partial charge on any atom is -0.452 e. The Morgan fingerprint density at radius 3 is 2.72 bits per heavy atom. The van der Waals surface area contributed by atoms with Crippen molar-refractivity contribution in [1.82, 2.24) is 4.98 Å². The second-order valence-corrected chi connectivity index (χ2v) is 6.99. The third-order valence-electron chi connectivity index (χ3n) is 3.35. The maximum Gasteiger partial charge on any atom is 0.317 e. The number of nitrogens with one attached hydrogen (secondary N) is 1. The summed E-state index contributed by atoms with van der Waals surface area (Å²) in [7, 11) is 0. The van der Waals surface area contributed by atoms with Crippen molar-refractivity contribution in [3.63, 3.8) is 0 Å².